The highest BCUT2D eigenvalue weighted by Gasteiger charge is 2.25. The Morgan fingerprint density at radius 3 is 1.82 bits per heavy atom. The Labute approximate surface area is 162 Å². The van der Waals surface area contributed by atoms with Gasteiger partial charge in [-0.3, -0.25) is 5.43 Å². The molecule has 0 unspecified atom stereocenters. The Morgan fingerprint density at radius 2 is 1.29 bits per heavy atom. The van der Waals surface area contributed by atoms with E-state index in [9.17, 15) is 0 Å². The monoisotopic (exact) mass is 370 g/mol. The topological polar surface area (TPSA) is 85.3 Å². The predicted molar refractivity (Wildman–Crippen MR) is 108 cm³/mol. The number of aromatic nitrogens is 4. The third-order valence-electron chi connectivity index (χ3n) is 3.90. The molecule has 0 atom stereocenters. The van der Waals surface area contributed by atoms with Gasteiger partial charge in [-0.05, 0) is 24.3 Å². The summed E-state index contributed by atoms with van der Waals surface area (Å²) < 4.78 is 0. The minimum atomic E-state index is 0.818. The SMILES string of the molecule is c1ccc(C2=NN(c3ccccc3)N(c3ccccc3)N2)cc1.c1nn[nH]n1. The smallest absolute Gasteiger partial charge is 0.176 e. The zero-order valence-electron chi connectivity index (χ0n) is 14.9. The molecule has 8 heteroatoms. The first-order valence-corrected chi connectivity index (χ1v) is 8.69. The molecule has 3 aromatic carbocycles. The number of nitrogens with zero attached hydrogens (tertiary/aromatic N) is 6. The van der Waals surface area contributed by atoms with Gasteiger partial charge < -0.3 is 0 Å². The molecule has 8 nitrogen and oxygen atoms in total. The molecule has 2 N–H and O–H groups in total. The number of nitrogens with one attached hydrogen (secondary N) is 2. The third-order valence-corrected chi connectivity index (χ3v) is 3.90. The van der Waals surface area contributed by atoms with Gasteiger partial charge in [-0.1, -0.05) is 71.9 Å². The van der Waals surface area contributed by atoms with Gasteiger partial charge in [0, 0.05) is 5.56 Å². The van der Waals surface area contributed by atoms with Crippen LogP contribution in [0.3, 0.4) is 0 Å². The van der Waals surface area contributed by atoms with E-state index in [1.165, 1.54) is 6.33 Å². The van der Waals surface area contributed by atoms with E-state index >= 15 is 0 Å². The molecule has 0 aliphatic carbocycles. The summed E-state index contributed by atoms with van der Waals surface area (Å²) in [6.45, 7) is 0. The number of para-hydroxylation sites is 2. The fourth-order valence-corrected chi connectivity index (χ4v) is 2.63. The van der Waals surface area contributed by atoms with Crippen LogP contribution >= 0.6 is 0 Å². The number of hydrazone groups is 1. The highest BCUT2D eigenvalue weighted by molar-refractivity contribution is 6.02. The van der Waals surface area contributed by atoms with E-state index in [-0.39, 0.29) is 0 Å². The van der Waals surface area contributed by atoms with E-state index in [2.05, 4.69) is 26.0 Å². The largest absolute Gasteiger partial charge is 0.259 e. The van der Waals surface area contributed by atoms with Crippen LogP contribution in [0.2, 0.25) is 0 Å². The molecular formula is C20H18N8. The lowest BCUT2D eigenvalue weighted by atomic mass is 10.2. The summed E-state index contributed by atoms with van der Waals surface area (Å²) >= 11 is 0. The van der Waals surface area contributed by atoms with Crippen LogP contribution in [-0.4, -0.2) is 26.5 Å². The Bertz CT molecular complexity index is 971. The van der Waals surface area contributed by atoms with E-state index < -0.39 is 0 Å². The molecule has 2 heterocycles. The van der Waals surface area contributed by atoms with Crippen LogP contribution in [0, 0.1) is 0 Å². The highest BCUT2D eigenvalue weighted by atomic mass is 15.9. The van der Waals surface area contributed by atoms with Crippen LogP contribution in [0.5, 0.6) is 0 Å². The predicted octanol–water partition coefficient (Wildman–Crippen LogP) is 2.99. The molecule has 0 radical (unpaired) electrons. The van der Waals surface area contributed by atoms with Crippen molar-refractivity contribution in [1.29, 1.82) is 0 Å². The Balaban J connectivity index is 0.000000336. The number of rotatable bonds is 3. The van der Waals surface area contributed by atoms with Crippen molar-refractivity contribution in [3.8, 4) is 0 Å². The van der Waals surface area contributed by atoms with E-state index in [1.54, 1.807) is 0 Å². The zero-order chi connectivity index (χ0) is 19.0. The molecule has 5 rings (SSSR count). The number of H-pyrrole nitrogens is 1. The van der Waals surface area contributed by atoms with Crippen LogP contribution in [-0.2, 0) is 0 Å². The summed E-state index contributed by atoms with van der Waals surface area (Å²) in [6, 6.07) is 30.3. The maximum absolute atomic E-state index is 4.75. The fraction of sp³-hybridized carbons (Fsp3) is 0. The normalized spacial score (nSPS) is 12.6. The average molecular weight is 370 g/mol. The Kier molecular flexibility index (Phi) is 5.20. The van der Waals surface area contributed by atoms with Crippen molar-refractivity contribution in [2.24, 2.45) is 5.10 Å². The van der Waals surface area contributed by atoms with Gasteiger partial charge >= 0.3 is 0 Å². The minimum absolute atomic E-state index is 0.818. The molecule has 1 aromatic heterocycles. The second kappa shape index (κ2) is 8.45. The summed E-state index contributed by atoms with van der Waals surface area (Å²) in [6.07, 6.45) is 1.33. The minimum Gasteiger partial charge on any atom is -0.259 e. The van der Waals surface area contributed by atoms with Crippen LogP contribution < -0.4 is 15.7 Å². The summed E-state index contributed by atoms with van der Waals surface area (Å²) in [5.74, 6) is 0.818. The van der Waals surface area contributed by atoms with Gasteiger partial charge in [-0.15, -0.1) is 15.3 Å². The number of hydrogen-bond acceptors (Lipinski definition) is 7. The lowest BCUT2D eigenvalue weighted by Crippen LogP contribution is -2.44. The number of anilines is 2. The molecule has 0 bridgehead atoms. The average Bonchev–Trinajstić information content (AvgIpc) is 3.49. The summed E-state index contributed by atoms with van der Waals surface area (Å²) in [4.78, 5) is 0. The maximum Gasteiger partial charge on any atom is 0.176 e. The van der Waals surface area contributed by atoms with Crippen LogP contribution in [0.4, 0.5) is 11.4 Å². The standard InChI is InChI=1S/C19H16N4.CH2N4/c1-4-10-16(11-5-1)19-20-22(17-12-6-2-7-13-17)23(21-19)18-14-8-3-9-15-18;1-2-4-5-3-1/h1-15H,(H,20,21);1H,(H,2,3,4,5). The van der Waals surface area contributed by atoms with Crippen LogP contribution in [0.25, 0.3) is 0 Å². The van der Waals surface area contributed by atoms with Crippen molar-refractivity contribution in [3.63, 3.8) is 0 Å². The second-order valence-corrected chi connectivity index (χ2v) is 5.76. The Hall–Kier alpha value is -4.20. The molecule has 138 valence electrons. The van der Waals surface area contributed by atoms with E-state index in [1.807, 2.05) is 101 Å². The summed E-state index contributed by atoms with van der Waals surface area (Å²) in [5.41, 5.74) is 6.44. The number of aromatic amines is 1. The molecule has 0 saturated carbocycles. The van der Waals surface area contributed by atoms with Gasteiger partial charge in [0.05, 0.1) is 11.4 Å². The summed E-state index contributed by atoms with van der Waals surface area (Å²) in [7, 11) is 0. The molecule has 28 heavy (non-hydrogen) atoms. The molecule has 0 spiro atoms. The molecule has 1 aliphatic heterocycles. The number of amidine groups is 1. The van der Waals surface area contributed by atoms with Gasteiger partial charge in [-0.2, -0.15) is 15.4 Å². The van der Waals surface area contributed by atoms with Crippen LogP contribution in [0.1, 0.15) is 5.56 Å². The number of hydrazine groups is 2. The molecular weight excluding hydrogens is 352 g/mol. The summed E-state index contributed by atoms with van der Waals surface area (Å²) in [5, 5.41) is 20.7. The van der Waals surface area contributed by atoms with Crippen molar-refractivity contribution in [1.82, 2.24) is 26.0 Å². The van der Waals surface area contributed by atoms with Crippen molar-refractivity contribution in [2.45, 2.75) is 0 Å². The van der Waals surface area contributed by atoms with Gasteiger partial charge in [0.15, 0.2) is 12.2 Å². The molecule has 0 fully saturated rings. The lowest BCUT2D eigenvalue weighted by Gasteiger charge is -2.27. The fourth-order valence-electron chi connectivity index (χ4n) is 2.63. The number of tetrazole rings is 1. The third kappa shape index (κ3) is 3.96. The molecule has 1 aliphatic rings. The first-order valence-electron chi connectivity index (χ1n) is 8.69. The first kappa shape index (κ1) is 17.2. The molecule has 0 saturated heterocycles. The van der Waals surface area contributed by atoms with Gasteiger partial charge in [-0.25, -0.2) is 0 Å². The van der Waals surface area contributed by atoms with Crippen molar-refractivity contribution < 1.29 is 0 Å². The van der Waals surface area contributed by atoms with E-state index in [0.717, 1.165) is 22.8 Å². The van der Waals surface area contributed by atoms with Crippen molar-refractivity contribution >= 4 is 17.2 Å². The lowest BCUT2D eigenvalue weighted by molar-refractivity contribution is 0.771. The van der Waals surface area contributed by atoms with Gasteiger partial charge in [0.2, 0.25) is 0 Å². The highest BCUT2D eigenvalue weighted by Crippen LogP contribution is 2.25. The van der Waals surface area contributed by atoms with E-state index in [0.29, 0.717) is 0 Å². The first-order chi connectivity index (χ1) is 13.9. The number of benzene rings is 3. The maximum atomic E-state index is 4.75. The molecule has 0 amide bonds. The Morgan fingerprint density at radius 1 is 0.679 bits per heavy atom. The van der Waals surface area contributed by atoms with Crippen LogP contribution in [0.15, 0.2) is 102 Å². The second-order valence-electron chi connectivity index (χ2n) is 5.76. The zero-order valence-corrected chi connectivity index (χ0v) is 14.9. The van der Waals surface area contributed by atoms with Gasteiger partial charge in [0.1, 0.15) is 0 Å². The van der Waals surface area contributed by atoms with Gasteiger partial charge in [0.25, 0.3) is 0 Å². The van der Waals surface area contributed by atoms with E-state index in [4.69, 9.17) is 5.10 Å². The number of hydrogen-bond donors (Lipinski definition) is 2. The quantitative estimate of drug-likeness (QED) is 0.577. The van der Waals surface area contributed by atoms with Crippen molar-refractivity contribution in [3.05, 3.63) is 103 Å². The molecule has 4 aromatic rings. The van der Waals surface area contributed by atoms with Crippen molar-refractivity contribution in [2.75, 3.05) is 10.2 Å².